The van der Waals surface area contributed by atoms with E-state index in [9.17, 15) is 0 Å². The van der Waals surface area contributed by atoms with Crippen molar-refractivity contribution < 1.29 is 0 Å². The molecule has 52 valence electrons. The fourth-order valence-electron chi connectivity index (χ4n) is 1.18. The standard InChI is InChI=1S/C9H11N/c1-2-8-5-3-4-6-9(8)7-10/h3-6,8-9H,2H2,1H3. The number of rotatable bonds is 1. The van der Waals surface area contributed by atoms with Gasteiger partial charge in [-0.25, -0.2) is 0 Å². The summed E-state index contributed by atoms with van der Waals surface area (Å²) in [5, 5.41) is 8.66. The van der Waals surface area contributed by atoms with Gasteiger partial charge in [-0.3, -0.25) is 0 Å². The Balaban J connectivity index is 2.66. The first-order valence-corrected chi connectivity index (χ1v) is 3.63. The second kappa shape index (κ2) is 3.22. The Morgan fingerprint density at radius 3 is 2.60 bits per heavy atom. The average Bonchev–Trinajstić information content (AvgIpc) is 2.04. The largest absolute Gasteiger partial charge is 0.198 e. The molecule has 1 aliphatic rings. The number of allylic oxidation sites excluding steroid dienone is 4. The normalized spacial score (nSPS) is 30.0. The molecule has 1 nitrogen and oxygen atoms in total. The van der Waals surface area contributed by atoms with Crippen molar-refractivity contribution in [3.8, 4) is 6.07 Å². The maximum absolute atomic E-state index is 8.66. The van der Waals surface area contributed by atoms with E-state index in [1.54, 1.807) is 0 Å². The topological polar surface area (TPSA) is 23.8 Å². The van der Waals surface area contributed by atoms with E-state index < -0.39 is 0 Å². The Morgan fingerprint density at radius 1 is 1.40 bits per heavy atom. The molecule has 0 aromatic carbocycles. The van der Waals surface area contributed by atoms with Crippen LogP contribution in [-0.4, -0.2) is 0 Å². The van der Waals surface area contributed by atoms with Gasteiger partial charge in [-0.15, -0.1) is 0 Å². The molecule has 0 bridgehead atoms. The van der Waals surface area contributed by atoms with E-state index in [0.717, 1.165) is 6.42 Å². The lowest BCUT2D eigenvalue weighted by atomic mass is 9.88. The van der Waals surface area contributed by atoms with Crippen LogP contribution in [0.15, 0.2) is 24.3 Å². The molecule has 0 heterocycles. The minimum atomic E-state index is 0.106. The summed E-state index contributed by atoms with van der Waals surface area (Å²) in [4.78, 5) is 0. The summed E-state index contributed by atoms with van der Waals surface area (Å²) in [6, 6.07) is 2.27. The second-order valence-corrected chi connectivity index (χ2v) is 2.50. The van der Waals surface area contributed by atoms with E-state index in [-0.39, 0.29) is 5.92 Å². The second-order valence-electron chi connectivity index (χ2n) is 2.50. The summed E-state index contributed by atoms with van der Waals surface area (Å²) in [5.41, 5.74) is 0. The highest BCUT2D eigenvalue weighted by atomic mass is 14.3. The summed E-state index contributed by atoms with van der Waals surface area (Å²) in [5.74, 6) is 0.546. The van der Waals surface area contributed by atoms with Gasteiger partial charge in [0.05, 0.1) is 12.0 Å². The molecule has 0 fully saturated rings. The van der Waals surface area contributed by atoms with Crippen molar-refractivity contribution in [1.82, 2.24) is 0 Å². The van der Waals surface area contributed by atoms with Crippen LogP contribution < -0.4 is 0 Å². The molecule has 0 N–H and O–H groups in total. The van der Waals surface area contributed by atoms with Crippen LogP contribution >= 0.6 is 0 Å². The minimum absolute atomic E-state index is 0.106. The molecule has 0 radical (unpaired) electrons. The fourth-order valence-corrected chi connectivity index (χ4v) is 1.18. The third-order valence-electron chi connectivity index (χ3n) is 1.87. The predicted molar refractivity (Wildman–Crippen MR) is 41.2 cm³/mol. The van der Waals surface area contributed by atoms with Crippen LogP contribution in [0.2, 0.25) is 0 Å². The van der Waals surface area contributed by atoms with Gasteiger partial charge < -0.3 is 0 Å². The van der Waals surface area contributed by atoms with E-state index in [1.165, 1.54) is 0 Å². The number of hydrogen-bond donors (Lipinski definition) is 0. The fraction of sp³-hybridized carbons (Fsp3) is 0.444. The number of nitriles is 1. The SMILES string of the molecule is CCC1C=CC=CC1C#N. The molecule has 0 aromatic rings. The van der Waals surface area contributed by atoms with Crippen LogP contribution in [0.1, 0.15) is 13.3 Å². The first kappa shape index (κ1) is 7.08. The third-order valence-corrected chi connectivity index (χ3v) is 1.87. The van der Waals surface area contributed by atoms with E-state index in [0.29, 0.717) is 5.92 Å². The molecule has 1 aliphatic carbocycles. The van der Waals surface area contributed by atoms with Crippen LogP contribution in [0, 0.1) is 23.2 Å². The van der Waals surface area contributed by atoms with Crippen LogP contribution in [0.4, 0.5) is 0 Å². The van der Waals surface area contributed by atoms with Crippen molar-refractivity contribution in [2.45, 2.75) is 13.3 Å². The van der Waals surface area contributed by atoms with Crippen molar-refractivity contribution in [3.05, 3.63) is 24.3 Å². The van der Waals surface area contributed by atoms with Crippen molar-refractivity contribution in [1.29, 1.82) is 5.26 Å². The monoisotopic (exact) mass is 133 g/mol. The molecule has 0 spiro atoms. The zero-order valence-corrected chi connectivity index (χ0v) is 6.12. The molecule has 1 rings (SSSR count). The summed E-state index contributed by atoms with van der Waals surface area (Å²) in [6.45, 7) is 2.11. The molecule has 0 aromatic heterocycles. The van der Waals surface area contributed by atoms with Crippen molar-refractivity contribution in [2.24, 2.45) is 11.8 Å². The molecule has 1 heteroatoms. The van der Waals surface area contributed by atoms with Gasteiger partial charge in [0, 0.05) is 0 Å². The summed E-state index contributed by atoms with van der Waals surface area (Å²) in [6.07, 6.45) is 9.09. The Morgan fingerprint density at radius 2 is 2.10 bits per heavy atom. The number of nitrogens with zero attached hydrogens (tertiary/aromatic N) is 1. The summed E-state index contributed by atoms with van der Waals surface area (Å²) >= 11 is 0. The van der Waals surface area contributed by atoms with Crippen LogP contribution in [-0.2, 0) is 0 Å². The highest BCUT2D eigenvalue weighted by Crippen LogP contribution is 2.21. The lowest BCUT2D eigenvalue weighted by molar-refractivity contribution is 0.542. The van der Waals surface area contributed by atoms with Crippen LogP contribution in [0.5, 0.6) is 0 Å². The van der Waals surface area contributed by atoms with Gasteiger partial charge in [-0.2, -0.15) is 5.26 Å². The first-order valence-electron chi connectivity index (χ1n) is 3.63. The van der Waals surface area contributed by atoms with Crippen molar-refractivity contribution in [3.63, 3.8) is 0 Å². The molecule has 2 unspecified atom stereocenters. The van der Waals surface area contributed by atoms with E-state index in [4.69, 9.17) is 5.26 Å². The Kier molecular flexibility index (Phi) is 2.28. The van der Waals surface area contributed by atoms with Gasteiger partial charge in [-0.1, -0.05) is 31.2 Å². The van der Waals surface area contributed by atoms with Crippen LogP contribution in [0.25, 0.3) is 0 Å². The smallest absolute Gasteiger partial charge is 0.0709 e. The first-order chi connectivity index (χ1) is 4.88. The van der Waals surface area contributed by atoms with Gasteiger partial charge in [0.25, 0.3) is 0 Å². The maximum Gasteiger partial charge on any atom is 0.0709 e. The molecule has 0 amide bonds. The molecule has 0 saturated carbocycles. The molecular formula is C9H11N. The van der Waals surface area contributed by atoms with Crippen molar-refractivity contribution >= 4 is 0 Å². The Labute approximate surface area is 61.7 Å². The highest BCUT2D eigenvalue weighted by molar-refractivity contribution is 5.18. The highest BCUT2D eigenvalue weighted by Gasteiger charge is 2.14. The maximum atomic E-state index is 8.66. The average molecular weight is 133 g/mol. The zero-order chi connectivity index (χ0) is 7.40. The molecule has 2 atom stereocenters. The Hall–Kier alpha value is -1.03. The number of hydrogen-bond acceptors (Lipinski definition) is 1. The van der Waals surface area contributed by atoms with Crippen molar-refractivity contribution in [2.75, 3.05) is 0 Å². The lowest BCUT2D eigenvalue weighted by Gasteiger charge is -2.15. The van der Waals surface area contributed by atoms with E-state index in [2.05, 4.69) is 19.1 Å². The molecular weight excluding hydrogens is 122 g/mol. The molecule has 0 aliphatic heterocycles. The quantitative estimate of drug-likeness (QED) is 0.538. The van der Waals surface area contributed by atoms with E-state index >= 15 is 0 Å². The third kappa shape index (κ3) is 1.27. The molecule has 0 saturated heterocycles. The van der Waals surface area contributed by atoms with Gasteiger partial charge >= 0.3 is 0 Å². The van der Waals surface area contributed by atoms with Gasteiger partial charge in [0.2, 0.25) is 0 Å². The summed E-state index contributed by atoms with van der Waals surface area (Å²) in [7, 11) is 0. The van der Waals surface area contributed by atoms with Gasteiger partial charge in [0.1, 0.15) is 0 Å². The van der Waals surface area contributed by atoms with Gasteiger partial charge in [0.15, 0.2) is 0 Å². The lowest BCUT2D eigenvalue weighted by Crippen LogP contribution is -2.08. The van der Waals surface area contributed by atoms with E-state index in [1.807, 2.05) is 18.2 Å². The summed E-state index contributed by atoms with van der Waals surface area (Å²) < 4.78 is 0. The predicted octanol–water partition coefficient (Wildman–Crippen LogP) is 2.28. The van der Waals surface area contributed by atoms with Gasteiger partial charge in [-0.05, 0) is 12.3 Å². The van der Waals surface area contributed by atoms with Crippen LogP contribution in [0.3, 0.4) is 0 Å². The molecule has 10 heavy (non-hydrogen) atoms. The zero-order valence-electron chi connectivity index (χ0n) is 6.12. The Bertz CT molecular complexity index is 195. The minimum Gasteiger partial charge on any atom is -0.198 e.